The highest BCUT2D eigenvalue weighted by molar-refractivity contribution is 7.16. The summed E-state index contributed by atoms with van der Waals surface area (Å²) in [6, 6.07) is 15.1. The second-order valence-corrected chi connectivity index (χ2v) is 6.83. The van der Waals surface area contributed by atoms with E-state index in [1.54, 1.807) is 12.1 Å². The Kier molecular flexibility index (Phi) is 4.83. The zero-order valence-electron chi connectivity index (χ0n) is 12.9. The van der Waals surface area contributed by atoms with Gasteiger partial charge in [-0.3, -0.25) is 4.79 Å². The number of benzene rings is 2. The van der Waals surface area contributed by atoms with Gasteiger partial charge in [-0.15, -0.1) is 11.3 Å². The van der Waals surface area contributed by atoms with Crippen LogP contribution in [-0.4, -0.2) is 16.1 Å². The number of halogens is 1. The molecule has 122 valence electrons. The van der Waals surface area contributed by atoms with Gasteiger partial charge in [0.25, 0.3) is 0 Å². The Balaban J connectivity index is 1.98. The van der Waals surface area contributed by atoms with Gasteiger partial charge in [-0.05, 0) is 30.7 Å². The quantitative estimate of drug-likeness (QED) is 0.662. The van der Waals surface area contributed by atoms with Crippen molar-refractivity contribution in [1.29, 1.82) is 0 Å². The fourth-order valence-electron chi connectivity index (χ4n) is 2.32. The number of para-hydroxylation sites is 1. The maximum Gasteiger partial charge on any atom is 0.308 e. The van der Waals surface area contributed by atoms with Crippen LogP contribution in [0.5, 0.6) is 0 Å². The number of thiazole rings is 1. The average molecular weight is 359 g/mol. The monoisotopic (exact) mass is 358 g/mol. The van der Waals surface area contributed by atoms with E-state index in [0.29, 0.717) is 20.7 Å². The summed E-state index contributed by atoms with van der Waals surface area (Å²) >= 11 is 7.28. The van der Waals surface area contributed by atoms with Crippen molar-refractivity contribution in [1.82, 2.24) is 4.98 Å². The molecular weight excluding hydrogens is 344 g/mol. The van der Waals surface area contributed by atoms with Gasteiger partial charge in [-0.1, -0.05) is 41.9 Å². The first-order chi connectivity index (χ1) is 11.5. The van der Waals surface area contributed by atoms with Crippen molar-refractivity contribution in [3.05, 3.63) is 64.0 Å². The Labute approximate surface area is 148 Å². The first kappa shape index (κ1) is 16.5. The van der Waals surface area contributed by atoms with E-state index in [0.717, 1.165) is 16.8 Å². The zero-order valence-corrected chi connectivity index (χ0v) is 14.5. The van der Waals surface area contributed by atoms with E-state index < -0.39 is 5.97 Å². The molecule has 2 aromatic carbocycles. The predicted octanol–water partition coefficient (Wildman–Crippen LogP) is 5.14. The summed E-state index contributed by atoms with van der Waals surface area (Å²) < 4.78 is 0. The normalized spacial score (nSPS) is 10.6. The molecule has 0 spiro atoms. The lowest BCUT2D eigenvalue weighted by Gasteiger charge is -2.05. The number of nitrogens with zero attached hydrogens (tertiary/aromatic N) is 1. The minimum absolute atomic E-state index is 0.0644. The van der Waals surface area contributed by atoms with Crippen molar-refractivity contribution in [2.24, 2.45) is 0 Å². The van der Waals surface area contributed by atoms with Crippen LogP contribution in [0.1, 0.15) is 10.4 Å². The summed E-state index contributed by atoms with van der Waals surface area (Å²) in [6.07, 6.45) is -0.0644. The highest BCUT2D eigenvalue weighted by Crippen LogP contribution is 2.34. The highest BCUT2D eigenvalue weighted by atomic mass is 35.5. The number of hydrogen-bond acceptors (Lipinski definition) is 4. The lowest BCUT2D eigenvalue weighted by Crippen LogP contribution is -1.99. The van der Waals surface area contributed by atoms with Gasteiger partial charge in [0.05, 0.1) is 12.1 Å². The molecule has 6 heteroatoms. The third-order valence-corrected chi connectivity index (χ3v) is 4.74. The lowest BCUT2D eigenvalue weighted by atomic mass is 10.1. The van der Waals surface area contributed by atoms with Crippen LogP contribution in [0.4, 0.5) is 10.8 Å². The molecular formula is C18H15ClN2O2S. The summed E-state index contributed by atoms with van der Waals surface area (Å²) in [5.41, 5.74) is 3.58. The predicted molar refractivity (Wildman–Crippen MR) is 98.4 cm³/mol. The van der Waals surface area contributed by atoms with Crippen LogP contribution in [0.2, 0.25) is 5.02 Å². The van der Waals surface area contributed by atoms with E-state index in [-0.39, 0.29) is 6.42 Å². The minimum atomic E-state index is -0.878. The molecule has 0 amide bonds. The third kappa shape index (κ3) is 3.75. The molecule has 1 heterocycles. The second kappa shape index (κ2) is 7.03. The number of carbonyl (C=O) groups is 1. The molecule has 0 radical (unpaired) electrons. The van der Waals surface area contributed by atoms with Crippen LogP contribution in [0, 0.1) is 6.92 Å². The van der Waals surface area contributed by atoms with E-state index in [4.69, 9.17) is 16.7 Å². The number of aromatic nitrogens is 1. The summed E-state index contributed by atoms with van der Waals surface area (Å²) in [5.74, 6) is -0.878. The maximum absolute atomic E-state index is 11.2. The number of carboxylic acids is 1. The van der Waals surface area contributed by atoms with Gasteiger partial charge in [-0.25, -0.2) is 4.98 Å². The molecule has 0 fully saturated rings. The number of aliphatic carboxylic acids is 1. The number of anilines is 2. The van der Waals surface area contributed by atoms with Crippen LogP contribution >= 0.6 is 22.9 Å². The molecule has 0 saturated carbocycles. The first-order valence-electron chi connectivity index (χ1n) is 7.33. The smallest absolute Gasteiger partial charge is 0.308 e. The van der Waals surface area contributed by atoms with Crippen molar-refractivity contribution in [3.63, 3.8) is 0 Å². The van der Waals surface area contributed by atoms with Crippen LogP contribution < -0.4 is 5.32 Å². The van der Waals surface area contributed by atoms with Gasteiger partial charge in [0.15, 0.2) is 5.13 Å². The molecule has 0 aliphatic rings. The molecule has 0 atom stereocenters. The minimum Gasteiger partial charge on any atom is -0.481 e. The van der Waals surface area contributed by atoms with Gasteiger partial charge in [-0.2, -0.15) is 0 Å². The van der Waals surface area contributed by atoms with Crippen LogP contribution in [0.25, 0.3) is 11.3 Å². The van der Waals surface area contributed by atoms with E-state index >= 15 is 0 Å². The van der Waals surface area contributed by atoms with E-state index in [2.05, 4.69) is 10.3 Å². The molecule has 3 rings (SSSR count). The fraction of sp³-hybridized carbons (Fsp3) is 0.111. The van der Waals surface area contributed by atoms with Crippen molar-refractivity contribution < 1.29 is 9.90 Å². The van der Waals surface area contributed by atoms with E-state index in [1.165, 1.54) is 11.3 Å². The largest absolute Gasteiger partial charge is 0.481 e. The summed E-state index contributed by atoms with van der Waals surface area (Å²) in [4.78, 5) is 16.5. The van der Waals surface area contributed by atoms with Crippen molar-refractivity contribution in [2.45, 2.75) is 13.3 Å². The second-order valence-electron chi connectivity index (χ2n) is 5.31. The molecule has 0 aliphatic heterocycles. The SMILES string of the molecule is Cc1ccccc1Nc1nc(-c2ccc(Cl)cc2)c(CC(=O)O)s1. The molecule has 0 unspecified atom stereocenters. The average Bonchev–Trinajstić information content (AvgIpc) is 2.92. The van der Waals surface area contributed by atoms with E-state index in [1.807, 2.05) is 43.3 Å². The van der Waals surface area contributed by atoms with Crippen LogP contribution in [0.15, 0.2) is 48.5 Å². The topological polar surface area (TPSA) is 62.2 Å². The zero-order chi connectivity index (χ0) is 17.1. The first-order valence-corrected chi connectivity index (χ1v) is 8.52. The Bertz CT molecular complexity index is 875. The Morgan fingerprint density at radius 1 is 1.21 bits per heavy atom. The fourth-order valence-corrected chi connectivity index (χ4v) is 3.44. The summed E-state index contributed by atoms with van der Waals surface area (Å²) in [5, 5.41) is 13.7. The number of carboxylic acid groups (broad SMARTS) is 1. The van der Waals surface area contributed by atoms with Crippen LogP contribution in [-0.2, 0) is 11.2 Å². The molecule has 3 aromatic rings. The molecule has 0 aliphatic carbocycles. The number of aryl methyl sites for hydroxylation is 1. The van der Waals surface area contributed by atoms with Gasteiger partial charge in [0.2, 0.25) is 0 Å². The Hall–Kier alpha value is -2.37. The van der Waals surface area contributed by atoms with Crippen LogP contribution in [0.3, 0.4) is 0 Å². The van der Waals surface area contributed by atoms with Gasteiger partial charge in [0.1, 0.15) is 0 Å². The van der Waals surface area contributed by atoms with Crippen molar-refractivity contribution >= 4 is 39.7 Å². The molecule has 4 nitrogen and oxygen atoms in total. The third-order valence-electron chi connectivity index (χ3n) is 3.51. The maximum atomic E-state index is 11.2. The molecule has 24 heavy (non-hydrogen) atoms. The molecule has 2 N–H and O–H groups in total. The Morgan fingerprint density at radius 3 is 2.58 bits per heavy atom. The van der Waals surface area contributed by atoms with Crippen molar-refractivity contribution in [3.8, 4) is 11.3 Å². The summed E-state index contributed by atoms with van der Waals surface area (Å²) in [6.45, 7) is 2.01. The summed E-state index contributed by atoms with van der Waals surface area (Å²) in [7, 11) is 0. The lowest BCUT2D eigenvalue weighted by molar-refractivity contribution is -0.136. The Morgan fingerprint density at radius 2 is 1.92 bits per heavy atom. The van der Waals surface area contributed by atoms with Gasteiger partial charge in [0, 0.05) is 21.2 Å². The number of rotatable bonds is 5. The van der Waals surface area contributed by atoms with Crippen molar-refractivity contribution in [2.75, 3.05) is 5.32 Å². The highest BCUT2D eigenvalue weighted by Gasteiger charge is 2.16. The van der Waals surface area contributed by atoms with Gasteiger partial charge >= 0.3 is 5.97 Å². The van der Waals surface area contributed by atoms with E-state index in [9.17, 15) is 4.79 Å². The molecule has 0 saturated heterocycles. The number of nitrogens with one attached hydrogen (secondary N) is 1. The molecule has 1 aromatic heterocycles. The molecule has 0 bridgehead atoms. The number of hydrogen-bond donors (Lipinski definition) is 2. The van der Waals surface area contributed by atoms with Gasteiger partial charge < -0.3 is 10.4 Å². The standard InChI is InChI=1S/C18H15ClN2O2S/c1-11-4-2-3-5-14(11)20-18-21-17(15(24-18)10-16(22)23)12-6-8-13(19)9-7-12/h2-9H,10H2,1H3,(H,20,21)(H,22,23).